The molecule has 8 heteroatoms. The lowest BCUT2D eigenvalue weighted by molar-refractivity contribution is 0.589. The molecule has 3 aromatic heterocycles. The molecule has 3 N–H and O–H groups in total. The van der Waals surface area contributed by atoms with E-state index in [1.807, 2.05) is 6.92 Å². The fraction of sp³-hybridized carbons (Fsp3) is 0.278. The fourth-order valence-electron chi connectivity index (χ4n) is 3.75. The second-order valence-corrected chi connectivity index (χ2v) is 6.52. The van der Waals surface area contributed by atoms with Crippen LogP contribution < -0.4 is 15.8 Å². The Hall–Kier alpha value is -2.64. The van der Waals surface area contributed by atoms with Crippen molar-refractivity contribution in [2.45, 2.75) is 6.92 Å². The second-order valence-electron chi connectivity index (χ2n) is 6.52. The zero-order chi connectivity index (χ0) is 17.0. The topological polar surface area (TPSA) is 89.7 Å². The smallest absolute Gasteiger partial charge is 0.257 e. The highest BCUT2D eigenvalue weighted by molar-refractivity contribution is 6.18. The van der Waals surface area contributed by atoms with Gasteiger partial charge >= 0.3 is 0 Å². The number of nitrogens with one attached hydrogen (secondary N) is 3. The Morgan fingerprint density at radius 1 is 1.12 bits per heavy atom. The molecule has 1 aromatic carbocycles. The van der Waals surface area contributed by atoms with Gasteiger partial charge in [-0.1, -0.05) is 6.07 Å². The van der Waals surface area contributed by atoms with Gasteiger partial charge in [-0.15, -0.1) is 12.4 Å². The minimum atomic E-state index is -0.116. The van der Waals surface area contributed by atoms with E-state index in [-0.39, 0.29) is 18.0 Å². The largest absolute Gasteiger partial charge is 0.369 e. The molecule has 1 saturated heterocycles. The number of piperazine rings is 1. The highest BCUT2D eigenvalue weighted by Gasteiger charge is 2.16. The highest BCUT2D eigenvalue weighted by Crippen LogP contribution is 2.31. The van der Waals surface area contributed by atoms with E-state index in [1.165, 1.54) is 0 Å². The van der Waals surface area contributed by atoms with Crippen LogP contribution in [0.4, 0.5) is 5.69 Å². The van der Waals surface area contributed by atoms with Crippen LogP contribution in [0.2, 0.25) is 0 Å². The molecule has 1 aliphatic rings. The molecule has 1 aliphatic heterocycles. The van der Waals surface area contributed by atoms with Crippen molar-refractivity contribution in [2.75, 3.05) is 31.1 Å². The molecule has 4 heterocycles. The predicted octanol–water partition coefficient (Wildman–Crippen LogP) is 2.09. The van der Waals surface area contributed by atoms with Gasteiger partial charge in [-0.3, -0.25) is 9.89 Å². The van der Waals surface area contributed by atoms with E-state index in [0.29, 0.717) is 11.0 Å². The number of rotatable bonds is 1. The summed E-state index contributed by atoms with van der Waals surface area (Å²) in [5, 5.41) is 14.0. The number of pyridine rings is 2. The molecular weight excluding hydrogens is 352 g/mol. The molecule has 1 fully saturated rings. The van der Waals surface area contributed by atoms with E-state index >= 15 is 0 Å². The van der Waals surface area contributed by atoms with Crippen LogP contribution in [0, 0.1) is 6.92 Å². The van der Waals surface area contributed by atoms with Crippen molar-refractivity contribution in [3.05, 3.63) is 40.4 Å². The van der Waals surface area contributed by atoms with E-state index in [9.17, 15) is 4.79 Å². The standard InChI is InChI=1S/C18H18N6O.ClH/c1-10-15-16-12-3-2-11(24-6-4-19-5-7-24)8-14(12)21-18(25)13(16)9-20-17(15)23-22-10;/h2-3,8-9,19H,4-7H2,1H3,(H,21,25)(H,20,22,23);1H. The van der Waals surface area contributed by atoms with Crippen LogP contribution in [0.1, 0.15) is 5.69 Å². The Kier molecular flexibility index (Phi) is 4.05. The molecule has 26 heavy (non-hydrogen) atoms. The maximum absolute atomic E-state index is 12.6. The predicted molar refractivity (Wildman–Crippen MR) is 107 cm³/mol. The number of anilines is 1. The number of hydrogen-bond acceptors (Lipinski definition) is 5. The van der Waals surface area contributed by atoms with E-state index in [1.54, 1.807) is 6.20 Å². The maximum Gasteiger partial charge on any atom is 0.257 e. The lowest BCUT2D eigenvalue weighted by Gasteiger charge is -2.29. The van der Waals surface area contributed by atoms with Crippen LogP contribution in [0.3, 0.4) is 0 Å². The summed E-state index contributed by atoms with van der Waals surface area (Å²) >= 11 is 0. The van der Waals surface area contributed by atoms with Gasteiger partial charge in [0.25, 0.3) is 5.56 Å². The fourth-order valence-corrected chi connectivity index (χ4v) is 3.75. The molecule has 0 saturated carbocycles. The van der Waals surface area contributed by atoms with Crippen molar-refractivity contribution in [1.29, 1.82) is 0 Å². The normalized spacial score (nSPS) is 14.9. The summed E-state index contributed by atoms with van der Waals surface area (Å²) in [5.41, 5.74) is 3.43. The molecule has 5 rings (SSSR count). The number of aryl methyl sites for hydroxylation is 1. The molecule has 134 valence electrons. The van der Waals surface area contributed by atoms with Crippen molar-refractivity contribution < 1.29 is 0 Å². The van der Waals surface area contributed by atoms with Gasteiger partial charge in [-0.2, -0.15) is 5.10 Å². The summed E-state index contributed by atoms with van der Waals surface area (Å²) < 4.78 is 0. The lowest BCUT2D eigenvalue weighted by atomic mass is 10.0. The van der Waals surface area contributed by atoms with E-state index in [0.717, 1.165) is 59.2 Å². The molecule has 0 unspecified atom stereocenters. The second kappa shape index (κ2) is 6.26. The van der Waals surface area contributed by atoms with E-state index < -0.39 is 0 Å². The van der Waals surface area contributed by atoms with Crippen molar-refractivity contribution in [3.8, 4) is 0 Å². The summed E-state index contributed by atoms with van der Waals surface area (Å²) in [5.74, 6) is 0. The number of hydrogen-bond donors (Lipinski definition) is 3. The number of H-pyrrole nitrogens is 2. The van der Waals surface area contributed by atoms with Gasteiger partial charge in [0.2, 0.25) is 0 Å². The van der Waals surface area contributed by atoms with Gasteiger partial charge in [0.05, 0.1) is 16.3 Å². The monoisotopic (exact) mass is 370 g/mol. The summed E-state index contributed by atoms with van der Waals surface area (Å²) in [4.78, 5) is 22.3. The first-order valence-corrected chi connectivity index (χ1v) is 8.47. The number of benzene rings is 1. The van der Waals surface area contributed by atoms with Crippen molar-refractivity contribution in [2.24, 2.45) is 0 Å². The molecule has 0 aliphatic carbocycles. The Morgan fingerprint density at radius 2 is 1.92 bits per heavy atom. The zero-order valence-electron chi connectivity index (χ0n) is 14.3. The van der Waals surface area contributed by atoms with Gasteiger partial charge in [0.15, 0.2) is 5.65 Å². The van der Waals surface area contributed by atoms with Gasteiger partial charge in [-0.05, 0) is 19.1 Å². The molecule has 7 nitrogen and oxygen atoms in total. The number of fused-ring (bicyclic) bond motifs is 5. The van der Waals surface area contributed by atoms with Crippen molar-refractivity contribution >= 4 is 50.8 Å². The molecular formula is C18H19ClN6O. The molecule has 4 aromatic rings. The van der Waals surface area contributed by atoms with Crippen LogP contribution in [0.5, 0.6) is 0 Å². The Balaban J connectivity index is 0.00000168. The average Bonchev–Trinajstić information content (AvgIpc) is 3.03. The number of nitrogens with zero attached hydrogens (tertiary/aromatic N) is 3. The van der Waals surface area contributed by atoms with Gasteiger partial charge in [0.1, 0.15) is 0 Å². The first kappa shape index (κ1) is 16.8. The molecule has 0 radical (unpaired) electrons. The Labute approximate surface area is 155 Å². The van der Waals surface area contributed by atoms with Crippen LogP contribution in [-0.4, -0.2) is 46.3 Å². The van der Waals surface area contributed by atoms with Gasteiger partial charge in [0, 0.05) is 54.5 Å². The molecule has 0 bridgehead atoms. The summed E-state index contributed by atoms with van der Waals surface area (Å²) in [6, 6.07) is 6.30. The SMILES string of the molecule is Cc1[nH]nc2ncc3c(=O)[nH]c4cc(N5CCNCC5)ccc4c3c12.Cl. The number of halogens is 1. The summed E-state index contributed by atoms with van der Waals surface area (Å²) in [6.45, 7) is 5.86. The van der Waals surface area contributed by atoms with Gasteiger partial charge in [-0.25, -0.2) is 4.98 Å². The third-order valence-electron chi connectivity index (χ3n) is 5.01. The Morgan fingerprint density at radius 3 is 2.73 bits per heavy atom. The van der Waals surface area contributed by atoms with Crippen molar-refractivity contribution in [3.63, 3.8) is 0 Å². The van der Waals surface area contributed by atoms with Gasteiger partial charge < -0.3 is 15.2 Å². The summed E-state index contributed by atoms with van der Waals surface area (Å²) in [6.07, 6.45) is 1.61. The average molecular weight is 371 g/mol. The van der Waals surface area contributed by atoms with E-state index in [4.69, 9.17) is 0 Å². The number of aromatic nitrogens is 4. The first-order chi connectivity index (χ1) is 12.2. The first-order valence-electron chi connectivity index (χ1n) is 8.47. The molecule has 0 atom stereocenters. The maximum atomic E-state index is 12.6. The Bertz CT molecular complexity index is 1180. The minimum absolute atomic E-state index is 0. The third kappa shape index (κ3) is 2.43. The van der Waals surface area contributed by atoms with Crippen LogP contribution in [0.15, 0.2) is 29.2 Å². The van der Waals surface area contributed by atoms with Crippen LogP contribution >= 0.6 is 12.4 Å². The number of aromatic amines is 2. The lowest BCUT2D eigenvalue weighted by Crippen LogP contribution is -2.43. The summed E-state index contributed by atoms with van der Waals surface area (Å²) in [7, 11) is 0. The quantitative estimate of drug-likeness (QED) is 0.446. The zero-order valence-corrected chi connectivity index (χ0v) is 15.1. The molecule has 0 spiro atoms. The van der Waals surface area contributed by atoms with Crippen LogP contribution in [-0.2, 0) is 0 Å². The minimum Gasteiger partial charge on any atom is -0.369 e. The third-order valence-corrected chi connectivity index (χ3v) is 5.01. The van der Waals surface area contributed by atoms with E-state index in [2.05, 4.69) is 48.6 Å². The molecule has 0 amide bonds. The highest BCUT2D eigenvalue weighted by atomic mass is 35.5. The van der Waals surface area contributed by atoms with Crippen molar-refractivity contribution in [1.82, 2.24) is 25.5 Å². The van der Waals surface area contributed by atoms with Crippen LogP contribution in [0.25, 0.3) is 32.7 Å².